The molecule has 3 rings (SSSR count). The summed E-state index contributed by atoms with van der Waals surface area (Å²) in [5.74, 6) is -0.0376. The van der Waals surface area contributed by atoms with Crippen molar-refractivity contribution in [2.24, 2.45) is 0 Å². The van der Waals surface area contributed by atoms with Gasteiger partial charge in [0.1, 0.15) is 0 Å². The van der Waals surface area contributed by atoms with Crippen molar-refractivity contribution in [3.8, 4) is 17.0 Å². The van der Waals surface area contributed by atoms with Gasteiger partial charge in [-0.05, 0) is 24.6 Å². The molecule has 3 heteroatoms. The molecule has 3 aromatic rings. The normalized spacial score (nSPS) is 10.8. The molecule has 1 heterocycles. The van der Waals surface area contributed by atoms with E-state index in [1.54, 1.807) is 6.07 Å². The van der Waals surface area contributed by atoms with Gasteiger partial charge in [0.15, 0.2) is 11.6 Å². The molecule has 19 heavy (non-hydrogen) atoms. The zero-order valence-corrected chi connectivity index (χ0v) is 10.6. The van der Waals surface area contributed by atoms with Crippen molar-refractivity contribution < 1.29 is 9.13 Å². The molecule has 0 aliphatic carbocycles. The third kappa shape index (κ3) is 2.19. The molecule has 2 aromatic carbocycles. The number of halogens is 1. The van der Waals surface area contributed by atoms with Gasteiger partial charge in [-0.15, -0.1) is 0 Å². The maximum atomic E-state index is 13.8. The van der Waals surface area contributed by atoms with Crippen LogP contribution in [0, 0.1) is 5.82 Å². The standard InChI is InChI=1S/C16H14FNO/c1-2-19-16-10-15-12(8-13(16)17)9-14(18-15)11-6-4-3-5-7-11/h3-10,18H,2H2,1H3. The highest BCUT2D eigenvalue weighted by Gasteiger charge is 2.09. The maximum absolute atomic E-state index is 13.8. The first-order valence-corrected chi connectivity index (χ1v) is 6.28. The second kappa shape index (κ2) is 4.76. The van der Waals surface area contributed by atoms with E-state index in [0.29, 0.717) is 6.61 Å². The SMILES string of the molecule is CCOc1cc2[nH]c(-c3ccccc3)cc2cc1F. The van der Waals surface area contributed by atoms with Gasteiger partial charge in [0.2, 0.25) is 0 Å². The molecule has 0 saturated carbocycles. The van der Waals surface area contributed by atoms with Crippen molar-refractivity contribution in [2.45, 2.75) is 6.92 Å². The van der Waals surface area contributed by atoms with Gasteiger partial charge < -0.3 is 9.72 Å². The summed E-state index contributed by atoms with van der Waals surface area (Å²) in [5, 5.41) is 0.847. The molecule has 96 valence electrons. The van der Waals surface area contributed by atoms with E-state index in [9.17, 15) is 4.39 Å². The lowest BCUT2D eigenvalue weighted by atomic mass is 10.1. The first kappa shape index (κ1) is 11.8. The smallest absolute Gasteiger partial charge is 0.165 e. The van der Waals surface area contributed by atoms with Crippen molar-refractivity contribution >= 4 is 10.9 Å². The average molecular weight is 255 g/mol. The second-order valence-electron chi connectivity index (χ2n) is 4.35. The minimum atomic E-state index is -0.326. The Morgan fingerprint density at radius 2 is 1.89 bits per heavy atom. The summed E-state index contributed by atoms with van der Waals surface area (Å²) in [6, 6.07) is 15.1. The Bertz CT molecular complexity index is 703. The molecular weight excluding hydrogens is 241 g/mol. The van der Waals surface area contributed by atoms with Crippen LogP contribution < -0.4 is 4.74 Å². The van der Waals surface area contributed by atoms with E-state index in [1.807, 2.05) is 43.3 Å². The number of aromatic amines is 1. The van der Waals surface area contributed by atoms with E-state index in [0.717, 1.165) is 22.2 Å². The number of ether oxygens (including phenoxy) is 1. The molecular formula is C16H14FNO. The molecule has 0 aliphatic heterocycles. The molecule has 0 saturated heterocycles. The van der Waals surface area contributed by atoms with Gasteiger partial charge in [0, 0.05) is 22.7 Å². The Morgan fingerprint density at radius 1 is 1.11 bits per heavy atom. The maximum Gasteiger partial charge on any atom is 0.165 e. The minimum Gasteiger partial charge on any atom is -0.491 e. The summed E-state index contributed by atoms with van der Waals surface area (Å²) in [7, 11) is 0. The van der Waals surface area contributed by atoms with Crippen LogP contribution in [0.25, 0.3) is 22.2 Å². The van der Waals surface area contributed by atoms with Crippen LogP contribution in [0.2, 0.25) is 0 Å². The van der Waals surface area contributed by atoms with Gasteiger partial charge in [-0.2, -0.15) is 0 Å². The fourth-order valence-corrected chi connectivity index (χ4v) is 2.17. The number of hydrogen-bond acceptors (Lipinski definition) is 1. The van der Waals surface area contributed by atoms with E-state index in [-0.39, 0.29) is 11.6 Å². The molecule has 0 radical (unpaired) electrons. The van der Waals surface area contributed by atoms with Gasteiger partial charge in [0.25, 0.3) is 0 Å². The van der Waals surface area contributed by atoms with Crippen molar-refractivity contribution in [1.29, 1.82) is 0 Å². The fourth-order valence-electron chi connectivity index (χ4n) is 2.17. The number of rotatable bonds is 3. The molecule has 0 amide bonds. The summed E-state index contributed by atoms with van der Waals surface area (Å²) < 4.78 is 19.0. The Kier molecular flexibility index (Phi) is 2.95. The Labute approximate surface area is 110 Å². The molecule has 0 unspecified atom stereocenters. The molecule has 0 spiro atoms. The topological polar surface area (TPSA) is 25.0 Å². The predicted octanol–water partition coefficient (Wildman–Crippen LogP) is 4.37. The van der Waals surface area contributed by atoms with E-state index in [1.165, 1.54) is 6.07 Å². The predicted molar refractivity (Wildman–Crippen MR) is 74.9 cm³/mol. The number of hydrogen-bond donors (Lipinski definition) is 1. The van der Waals surface area contributed by atoms with Gasteiger partial charge in [-0.25, -0.2) is 4.39 Å². The Morgan fingerprint density at radius 3 is 2.63 bits per heavy atom. The molecule has 1 aromatic heterocycles. The molecule has 0 aliphatic rings. The third-order valence-electron chi connectivity index (χ3n) is 3.06. The lowest BCUT2D eigenvalue weighted by Crippen LogP contribution is -1.94. The number of H-pyrrole nitrogens is 1. The van der Waals surface area contributed by atoms with Crippen LogP contribution in [0.3, 0.4) is 0 Å². The van der Waals surface area contributed by atoms with E-state index < -0.39 is 0 Å². The van der Waals surface area contributed by atoms with E-state index in [4.69, 9.17) is 4.74 Å². The Balaban J connectivity index is 2.11. The lowest BCUT2D eigenvalue weighted by molar-refractivity contribution is 0.322. The van der Waals surface area contributed by atoms with Crippen molar-refractivity contribution in [1.82, 2.24) is 4.98 Å². The van der Waals surface area contributed by atoms with Crippen molar-refractivity contribution in [3.05, 3.63) is 54.3 Å². The molecule has 1 N–H and O–H groups in total. The zero-order valence-electron chi connectivity index (χ0n) is 10.6. The summed E-state index contributed by atoms with van der Waals surface area (Å²) in [4.78, 5) is 3.29. The number of fused-ring (bicyclic) bond motifs is 1. The lowest BCUT2D eigenvalue weighted by Gasteiger charge is -2.03. The van der Waals surface area contributed by atoms with Crippen LogP contribution >= 0.6 is 0 Å². The average Bonchev–Trinajstić information content (AvgIpc) is 2.83. The summed E-state index contributed by atoms with van der Waals surface area (Å²) in [5.41, 5.74) is 2.93. The zero-order chi connectivity index (χ0) is 13.2. The van der Waals surface area contributed by atoms with Crippen LogP contribution in [0.15, 0.2) is 48.5 Å². The van der Waals surface area contributed by atoms with Crippen LogP contribution in [0.4, 0.5) is 4.39 Å². The van der Waals surface area contributed by atoms with E-state index >= 15 is 0 Å². The van der Waals surface area contributed by atoms with Gasteiger partial charge in [-0.3, -0.25) is 0 Å². The van der Waals surface area contributed by atoms with Crippen molar-refractivity contribution in [3.63, 3.8) is 0 Å². The first-order valence-electron chi connectivity index (χ1n) is 6.28. The van der Waals surface area contributed by atoms with E-state index in [2.05, 4.69) is 4.98 Å². The number of aromatic nitrogens is 1. The second-order valence-corrected chi connectivity index (χ2v) is 4.35. The van der Waals surface area contributed by atoms with Crippen molar-refractivity contribution in [2.75, 3.05) is 6.61 Å². The fraction of sp³-hybridized carbons (Fsp3) is 0.125. The van der Waals surface area contributed by atoms with Gasteiger partial charge >= 0.3 is 0 Å². The van der Waals surface area contributed by atoms with Crippen LogP contribution in [0.1, 0.15) is 6.92 Å². The molecule has 0 fully saturated rings. The largest absolute Gasteiger partial charge is 0.491 e. The van der Waals surface area contributed by atoms with Gasteiger partial charge in [-0.1, -0.05) is 30.3 Å². The highest BCUT2D eigenvalue weighted by molar-refractivity contribution is 5.87. The van der Waals surface area contributed by atoms with Gasteiger partial charge in [0.05, 0.1) is 6.61 Å². The molecule has 0 bridgehead atoms. The number of nitrogens with one attached hydrogen (secondary N) is 1. The van der Waals surface area contributed by atoms with Crippen LogP contribution in [0.5, 0.6) is 5.75 Å². The molecule has 2 nitrogen and oxygen atoms in total. The first-order chi connectivity index (χ1) is 9.28. The minimum absolute atomic E-state index is 0.288. The monoisotopic (exact) mass is 255 g/mol. The summed E-state index contributed by atoms with van der Waals surface area (Å²) in [6.07, 6.45) is 0. The number of benzene rings is 2. The highest BCUT2D eigenvalue weighted by Crippen LogP contribution is 2.29. The van der Waals surface area contributed by atoms with Crippen LogP contribution in [-0.4, -0.2) is 11.6 Å². The third-order valence-corrected chi connectivity index (χ3v) is 3.06. The molecule has 0 atom stereocenters. The highest BCUT2D eigenvalue weighted by atomic mass is 19.1. The summed E-state index contributed by atoms with van der Waals surface area (Å²) in [6.45, 7) is 2.29. The van der Waals surface area contributed by atoms with Crippen LogP contribution in [-0.2, 0) is 0 Å². The Hall–Kier alpha value is -2.29. The summed E-state index contributed by atoms with van der Waals surface area (Å²) >= 11 is 0. The quantitative estimate of drug-likeness (QED) is 0.738.